The number of nitrogens with two attached hydrogens (primary N) is 1. The molecule has 6 heterocycles. The van der Waals surface area contributed by atoms with Gasteiger partial charge >= 0.3 is 11.9 Å². The standard InChI is InChI=1S/C27H27ClN8O7S2/c1-12(25(39)40)43-33-18(17-21(28)45-27(29)32-17)22(37)31-19-23(38)36-20(26(41)42)13(11-44-24(19)36)10-34-7-2-3-16-15(34)5-8-35(16)14-4-6-30-9-14/h2-3,5,7-8,12,14,19,24,30H,4,6,9-11H2,1H3,(H4-,29,31,32,37,39,40,41,42)/p+1/t12-,14+,19-,24-/m1/s1. The second-order valence-electron chi connectivity index (χ2n) is 10.6. The summed E-state index contributed by atoms with van der Waals surface area (Å²) in [7, 11) is 0. The molecule has 0 unspecified atom stereocenters. The van der Waals surface area contributed by atoms with Gasteiger partial charge in [0, 0.05) is 42.2 Å². The summed E-state index contributed by atoms with van der Waals surface area (Å²) in [5.41, 5.74) is 7.50. The van der Waals surface area contributed by atoms with Crippen LogP contribution in [-0.4, -0.2) is 90.5 Å². The number of carboxylic acids is 2. The number of β-lactam (4-membered cyclic amide) rings is 1. The van der Waals surface area contributed by atoms with Crippen molar-refractivity contribution in [3.05, 3.63) is 51.9 Å². The number of oxime groups is 1. The highest BCUT2D eigenvalue weighted by Crippen LogP contribution is 2.40. The van der Waals surface area contributed by atoms with Crippen molar-refractivity contribution in [2.45, 2.75) is 43.5 Å². The van der Waals surface area contributed by atoms with E-state index >= 15 is 0 Å². The van der Waals surface area contributed by atoms with Crippen LogP contribution in [0.3, 0.4) is 0 Å². The van der Waals surface area contributed by atoms with E-state index in [1.165, 1.54) is 23.6 Å². The van der Waals surface area contributed by atoms with Crippen molar-refractivity contribution in [2.75, 3.05) is 24.6 Å². The lowest BCUT2D eigenvalue weighted by atomic mass is 10.0. The lowest BCUT2D eigenvalue weighted by Crippen LogP contribution is -2.71. The van der Waals surface area contributed by atoms with E-state index in [2.05, 4.69) is 25.3 Å². The number of amides is 2. The Bertz CT molecular complexity index is 1780. The van der Waals surface area contributed by atoms with Gasteiger partial charge in [0.05, 0.1) is 0 Å². The van der Waals surface area contributed by atoms with Gasteiger partial charge in [-0.1, -0.05) is 28.1 Å². The van der Waals surface area contributed by atoms with Gasteiger partial charge in [-0.25, -0.2) is 14.6 Å². The number of halogens is 1. The van der Waals surface area contributed by atoms with Gasteiger partial charge in [-0.3, -0.25) is 14.5 Å². The van der Waals surface area contributed by atoms with Crippen molar-refractivity contribution in [3.63, 3.8) is 0 Å². The molecule has 18 heteroatoms. The molecule has 0 aliphatic carbocycles. The molecule has 4 atom stereocenters. The molecule has 0 aromatic carbocycles. The molecule has 6 rings (SSSR count). The second kappa shape index (κ2) is 12.3. The van der Waals surface area contributed by atoms with Gasteiger partial charge in [0.25, 0.3) is 11.8 Å². The molecular formula is C27H28ClN8O7S2+. The first-order valence-electron chi connectivity index (χ1n) is 13.8. The van der Waals surface area contributed by atoms with Crippen molar-refractivity contribution in [1.82, 2.24) is 25.1 Å². The van der Waals surface area contributed by atoms with Crippen molar-refractivity contribution >= 4 is 80.3 Å². The summed E-state index contributed by atoms with van der Waals surface area (Å²) in [6.07, 6.45) is 3.54. The summed E-state index contributed by atoms with van der Waals surface area (Å²) in [4.78, 5) is 60.5. The molecule has 3 aliphatic heterocycles. The molecule has 3 aromatic heterocycles. The van der Waals surface area contributed by atoms with E-state index in [1.54, 1.807) is 0 Å². The number of hydrogen-bond donors (Lipinski definition) is 5. The van der Waals surface area contributed by atoms with Crippen LogP contribution in [0.15, 0.2) is 47.0 Å². The van der Waals surface area contributed by atoms with Gasteiger partial charge < -0.3 is 36.0 Å². The predicted octanol–water partition coefficient (Wildman–Crippen LogP) is 0.788. The molecule has 2 amide bonds. The van der Waals surface area contributed by atoms with Crippen LogP contribution in [0.5, 0.6) is 0 Å². The number of thiazole rings is 1. The van der Waals surface area contributed by atoms with E-state index in [-0.39, 0.29) is 27.4 Å². The maximum absolute atomic E-state index is 13.4. The van der Waals surface area contributed by atoms with Crippen LogP contribution in [0.4, 0.5) is 5.13 Å². The Balaban J connectivity index is 1.23. The monoisotopic (exact) mass is 675 g/mol. The Morgan fingerprint density at radius 1 is 1.36 bits per heavy atom. The van der Waals surface area contributed by atoms with Crippen molar-refractivity contribution in [1.29, 1.82) is 0 Å². The maximum atomic E-state index is 13.4. The fourth-order valence-corrected chi connectivity index (χ4v) is 7.83. The van der Waals surface area contributed by atoms with E-state index < -0.39 is 47.0 Å². The molecule has 2 fully saturated rings. The highest BCUT2D eigenvalue weighted by Gasteiger charge is 2.55. The van der Waals surface area contributed by atoms with Crippen LogP contribution in [0.2, 0.25) is 4.34 Å². The van der Waals surface area contributed by atoms with E-state index in [0.29, 0.717) is 17.4 Å². The number of nitrogen functional groups attached to an aromatic ring is 1. The molecule has 2 saturated heterocycles. The summed E-state index contributed by atoms with van der Waals surface area (Å²) in [6, 6.07) is 5.21. The molecule has 45 heavy (non-hydrogen) atoms. The SMILES string of the molecule is C[C@@H](ON=C(C(=O)N[C@@H]1C(=O)N2C(C(=O)O)=C(C[n+]3cccc4c3ccn4[C@H]3CCNC3)CS[C@H]12)c1nc(N)sc1Cl)C(=O)O. The van der Waals surface area contributed by atoms with Gasteiger partial charge in [0.1, 0.15) is 32.7 Å². The molecular weight excluding hydrogens is 648 g/mol. The summed E-state index contributed by atoms with van der Waals surface area (Å²) in [6.45, 7) is 3.30. The van der Waals surface area contributed by atoms with Crippen LogP contribution in [-0.2, 0) is 30.6 Å². The van der Waals surface area contributed by atoms with Gasteiger partial charge in [-0.05, 0) is 26.0 Å². The lowest BCUT2D eigenvalue weighted by Gasteiger charge is -2.49. The topological polar surface area (TPSA) is 205 Å². The number of anilines is 1. The predicted molar refractivity (Wildman–Crippen MR) is 165 cm³/mol. The first-order chi connectivity index (χ1) is 21.5. The van der Waals surface area contributed by atoms with Crippen LogP contribution < -0.4 is 20.9 Å². The third-order valence-corrected chi connectivity index (χ3v) is 10.2. The molecule has 0 radical (unpaired) electrons. The highest BCUT2D eigenvalue weighted by atomic mass is 35.5. The number of thioether (sulfide) groups is 1. The van der Waals surface area contributed by atoms with E-state index in [1.807, 2.05) is 35.2 Å². The van der Waals surface area contributed by atoms with E-state index in [9.17, 15) is 24.3 Å². The molecule has 15 nitrogen and oxygen atoms in total. The number of carboxylic acid groups (broad SMARTS) is 2. The Morgan fingerprint density at radius 3 is 2.82 bits per heavy atom. The van der Waals surface area contributed by atoms with Crippen LogP contribution in [0.1, 0.15) is 25.1 Å². The fourth-order valence-electron chi connectivity index (χ4n) is 5.57. The number of hydrogen-bond acceptors (Lipinski definition) is 11. The zero-order chi connectivity index (χ0) is 32.0. The number of nitrogens with one attached hydrogen (secondary N) is 2. The number of aromatic nitrogens is 3. The molecule has 236 valence electrons. The maximum Gasteiger partial charge on any atom is 0.352 e. The van der Waals surface area contributed by atoms with Crippen LogP contribution in [0.25, 0.3) is 11.0 Å². The van der Waals surface area contributed by atoms with Gasteiger partial charge in [-0.2, -0.15) is 4.57 Å². The fraction of sp³-hybridized carbons (Fsp3) is 0.370. The van der Waals surface area contributed by atoms with Gasteiger partial charge in [-0.15, -0.1) is 11.8 Å². The minimum Gasteiger partial charge on any atom is -0.478 e. The summed E-state index contributed by atoms with van der Waals surface area (Å²) >= 11 is 8.36. The highest BCUT2D eigenvalue weighted by molar-refractivity contribution is 8.00. The van der Waals surface area contributed by atoms with E-state index in [0.717, 1.165) is 41.9 Å². The Labute approximate surface area is 268 Å². The Kier molecular flexibility index (Phi) is 8.43. The summed E-state index contributed by atoms with van der Waals surface area (Å²) in [5, 5.41) is 28.3. The van der Waals surface area contributed by atoms with Crippen LogP contribution >= 0.6 is 34.7 Å². The van der Waals surface area contributed by atoms with Crippen molar-refractivity contribution in [2.24, 2.45) is 5.16 Å². The average Bonchev–Trinajstić information content (AvgIpc) is 3.76. The third-order valence-electron chi connectivity index (χ3n) is 7.78. The van der Waals surface area contributed by atoms with Gasteiger partial charge in [0.2, 0.25) is 11.6 Å². The largest absolute Gasteiger partial charge is 0.478 e. The Morgan fingerprint density at radius 2 is 2.16 bits per heavy atom. The number of nitrogens with zero attached hydrogens (tertiary/aromatic N) is 5. The lowest BCUT2D eigenvalue weighted by molar-refractivity contribution is -0.663. The number of fused-ring (bicyclic) bond motifs is 2. The molecule has 0 bridgehead atoms. The zero-order valence-corrected chi connectivity index (χ0v) is 26.1. The molecule has 6 N–H and O–H groups in total. The molecule has 0 saturated carbocycles. The molecule has 3 aromatic rings. The van der Waals surface area contributed by atoms with Gasteiger partial charge in [0.15, 0.2) is 23.6 Å². The number of rotatable bonds is 10. The minimum atomic E-state index is -1.40. The first kappa shape index (κ1) is 30.8. The summed E-state index contributed by atoms with van der Waals surface area (Å²) in [5.74, 6) is -3.82. The smallest absolute Gasteiger partial charge is 0.352 e. The van der Waals surface area contributed by atoms with Crippen LogP contribution in [0, 0.1) is 0 Å². The van der Waals surface area contributed by atoms with Crippen molar-refractivity contribution < 1.29 is 38.8 Å². The summed E-state index contributed by atoms with van der Waals surface area (Å²) < 4.78 is 4.21. The number of aliphatic carboxylic acids is 2. The molecule has 3 aliphatic rings. The second-order valence-corrected chi connectivity index (χ2v) is 13.3. The normalized spacial score (nSPS) is 22.3. The Hall–Kier alpha value is -4.19. The first-order valence-corrected chi connectivity index (χ1v) is 16.1. The zero-order valence-electron chi connectivity index (χ0n) is 23.7. The third kappa shape index (κ3) is 5.71. The minimum absolute atomic E-state index is 0.00472. The van der Waals surface area contributed by atoms with Crippen molar-refractivity contribution in [3.8, 4) is 0 Å². The molecule has 0 spiro atoms. The van der Waals surface area contributed by atoms with E-state index in [4.69, 9.17) is 27.3 Å². The quantitative estimate of drug-likeness (QED) is 0.0879. The number of carbonyl (C=O) groups is 4. The number of pyridine rings is 1. The number of carbonyl (C=O) groups excluding carboxylic acids is 2. The average molecular weight is 676 g/mol.